The molecule has 20 heavy (non-hydrogen) atoms. The molecule has 8 heteroatoms. The van der Waals surface area contributed by atoms with E-state index < -0.39 is 5.97 Å². The summed E-state index contributed by atoms with van der Waals surface area (Å²) in [4.78, 5) is 30.6. The van der Waals surface area contributed by atoms with Gasteiger partial charge in [-0.25, -0.2) is 9.97 Å². The number of nitrogens with zero attached hydrogens (tertiary/aromatic N) is 2. The molecule has 0 atom stereocenters. The van der Waals surface area contributed by atoms with E-state index in [9.17, 15) is 9.59 Å². The highest BCUT2D eigenvalue weighted by molar-refractivity contribution is 7.14. The second-order valence-corrected chi connectivity index (χ2v) is 6.02. The lowest BCUT2D eigenvalue weighted by atomic mass is 10.2. The van der Waals surface area contributed by atoms with E-state index in [1.807, 2.05) is 12.3 Å². The summed E-state index contributed by atoms with van der Waals surface area (Å²) in [5.41, 5.74) is 1.18. The number of thiazole rings is 2. The number of aliphatic carboxylic acids is 1. The van der Waals surface area contributed by atoms with Gasteiger partial charge >= 0.3 is 5.97 Å². The number of carbonyl (C=O) groups is 2. The van der Waals surface area contributed by atoms with Gasteiger partial charge in [-0.15, -0.1) is 22.7 Å². The lowest BCUT2D eigenvalue weighted by Gasteiger charge is -1.97. The van der Waals surface area contributed by atoms with Crippen LogP contribution < -0.4 is 5.32 Å². The van der Waals surface area contributed by atoms with Gasteiger partial charge in [0, 0.05) is 17.2 Å². The van der Waals surface area contributed by atoms with Crippen LogP contribution in [0.15, 0.2) is 10.8 Å². The number of hydrogen-bond donors (Lipinski definition) is 2. The molecule has 0 aliphatic rings. The van der Waals surface area contributed by atoms with Crippen molar-refractivity contribution in [2.45, 2.75) is 26.2 Å². The maximum Gasteiger partial charge on any atom is 0.303 e. The molecule has 0 unspecified atom stereocenters. The summed E-state index contributed by atoms with van der Waals surface area (Å²) in [6.45, 7) is 1.84. The summed E-state index contributed by atoms with van der Waals surface area (Å²) in [6.07, 6.45) is 1.25. The number of rotatable bonds is 6. The monoisotopic (exact) mass is 311 g/mol. The molecule has 0 bridgehead atoms. The van der Waals surface area contributed by atoms with E-state index in [-0.39, 0.29) is 12.3 Å². The molecule has 0 radical (unpaired) electrons. The maximum absolute atomic E-state index is 11.9. The lowest BCUT2D eigenvalue weighted by molar-refractivity contribution is -0.137. The molecule has 0 saturated heterocycles. The minimum Gasteiger partial charge on any atom is -0.481 e. The molecule has 0 aromatic carbocycles. The summed E-state index contributed by atoms with van der Waals surface area (Å²) >= 11 is 2.74. The molecule has 2 heterocycles. The van der Waals surface area contributed by atoms with Crippen LogP contribution >= 0.6 is 22.7 Å². The van der Waals surface area contributed by atoms with Gasteiger partial charge in [-0.2, -0.15) is 0 Å². The zero-order chi connectivity index (χ0) is 14.5. The third kappa shape index (κ3) is 4.10. The molecule has 0 aliphatic carbocycles. The van der Waals surface area contributed by atoms with Crippen molar-refractivity contribution in [1.82, 2.24) is 9.97 Å². The molecule has 0 aliphatic heterocycles. The van der Waals surface area contributed by atoms with Gasteiger partial charge in [0.25, 0.3) is 5.91 Å². The van der Waals surface area contributed by atoms with E-state index in [0.29, 0.717) is 23.7 Å². The number of nitrogens with one attached hydrogen (secondary N) is 1. The average Bonchev–Trinajstić information content (AvgIpc) is 2.98. The van der Waals surface area contributed by atoms with Gasteiger partial charge in [-0.05, 0) is 19.8 Å². The van der Waals surface area contributed by atoms with Crippen molar-refractivity contribution < 1.29 is 14.7 Å². The highest BCUT2D eigenvalue weighted by Gasteiger charge is 2.12. The van der Waals surface area contributed by atoms with Crippen molar-refractivity contribution in [3.63, 3.8) is 0 Å². The maximum atomic E-state index is 11.9. The number of carboxylic acids is 1. The van der Waals surface area contributed by atoms with Crippen LogP contribution in [0.3, 0.4) is 0 Å². The summed E-state index contributed by atoms with van der Waals surface area (Å²) < 4.78 is 0. The Hall–Kier alpha value is -1.80. The Balaban J connectivity index is 1.89. The fourth-order valence-corrected chi connectivity index (χ4v) is 2.86. The Morgan fingerprint density at radius 2 is 2.10 bits per heavy atom. The summed E-state index contributed by atoms with van der Waals surface area (Å²) in [6, 6.07) is 0. The molecule has 2 aromatic heterocycles. The molecule has 0 fully saturated rings. The third-order valence-corrected chi connectivity index (χ3v) is 4.03. The van der Waals surface area contributed by atoms with E-state index in [4.69, 9.17) is 5.11 Å². The number of carboxylic acid groups (broad SMARTS) is 1. The third-order valence-electron chi connectivity index (χ3n) is 2.45. The minimum atomic E-state index is -0.812. The number of hydrogen-bond acceptors (Lipinski definition) is 6. The number of aryl methyl sites for hydroxylation is 2. The van der Waals surface area contributed by atoms with E-state index in [1.165, 1.54) is 22.7 Å². The van der Waals surface area contributed by atoms with Crippen molar-refractivity contribution in [1.29, 1.82) is 0 Å². The largest absolute Gasteiger partial charge is 0.481 e. The second-order valence-electron chi connectivity index (χ2n) is 4.10. The number of anilines is 1. The average molecular weight is 311 g/mol. The van der Waals surface area contributed by atoms with Gasteiger partial charge in [0.1, 0.15) is 5.69 Å². The van der Waals surface area contributed by atoms with E-state index in [0.717, 1.165) is 10.7 Å². The Kier molecular flexibility index (Phi) is 4.80. The normalized spacial score (nSPS) is 10.4. The van der Waals surface area contributed by atoms with Crippen LogP contribution in [0.1, 0.15) is 34.0 Å². The van der Waals surface area contributed by atoms with Gasteiger partial charge in [-0.3, -0.25) is 14.9 Å². The first kappa shape index (κ1) is 14.6. The first-order chi connectivity index (χ1) is 9.54. The molecular formula is C12H13N3O3S2. The highest BCUT2D eigenvalue weighted by Crippen LogP contribution is 2.18. The van der Waals surface area contributed by atoms with Crippen molar-refractivity contribution in [2.75, 3.05) is 5.32 Å². The topological polar surface area (TPSA) is 92.2 Å². The van der Waals surface area contributed by atoms with Crippen molar-refractivity contribution in [3.05, 3.63) is 27.2 Å². The molecule has 0 spiro atoms. The van der Waals surface area contributed by atoms with Crippen molar-refractivity contribution >= 4 is 39.7 Å². The molecule has 6 nitrogen and oxygen atoms in total. The Morgan fingerprint density at radius 3 is 2.75 bits per heavy atom. The molecule has 2 aromatic rings. The SMILES string of the molecule is Cc1nc(C(=O)Nc2nc(CCCC(=O)O)cs2)cs1. The van der Waals surface area contributed by atoms with Crippen LogP contribution in [0.5, 0.6) is 0 Å². The van der Waals surface area contributed by atoms with Gasteiger partial charge in [0.05, 0.1) is 10.7 Å². The quantitative estimate of drug-likeness (QED) is 0.855. The zero-order valence-corrected chi connectivity index (χ0v) is 12.4. The molecular weight excluding hydrogens is 298 g/mol. The van der Waals surface area contributed by atoms with Gasteiger partial charge in [0.2, 0.25) is 0 Å². The zero-order valence-electron chi connectivity index (χ0n) is 10.8. The van der Waals surface area contributed by atoms with E-state index in [1.54, 1.807) is 5.38 Å². The number of carbonyl (C=O) groups excluding carboxylic acids is 1. The van der Waals surface area contributed by atoms with E-state index in [2.05, 4.69) is 15.3 Å². The van der Waals surface area contributed by atoms with Gasteiger partial charge in [-0.1, -0.05) is 0 Å². The molecule has 106 valence electrons. The first-order valence-electron chi connectivity index (χ1n) is 5.94. The molecule has 1 amide bonds. The standard InChI is InChI=1S/C12H13N3O3S2/c1-7-13-9(6-19-7)11(18)15-12-14-8(5-20-12)3-2-4-10(16)17/h5-6H,2-4H2,1H3,(H,16,17)(H,14,15,18). The van der Waals surface area contributed by atoms with Crippen LogP contribution in [0, 0.1) is 6.92 Å². The van der Waals surface area contributed by atoms with Gasteiger partial charge in [0.15, 0.2) is 5.13 Å². The van der Waals surface area contributed by atoms with Crippen LogP contribution in [-0.4, -0.2) is 27.0 Å². The number of amides is 1. The Labute approximate surface area is 123 Å². The van der Waals surface area contributed by atoms with Gasteiger partial charge < -0.3 is 5.11 Å². The predicted molar refractivity (Wildman–Crippen MR) is 77.5 cm³/mol. The van der Waals surface area contributed by atoms with Crippen molar-refractivity contribution in [3.8, 4) is 0 Å². The molecule has 2 N–H and O–H groups in total. The fourth-order valence-electron chi connectivity index (χ4n) is 1.53. The van der Waals surface area contributed by atoms with Crippen LogP contribution in [0.4, 0.5) is 5.13 Å². The van der Waals surface area contributed by atoms with Crippen LogP contribution in [-0.2, 0) is 11.2 Å². The summed E-state index contributed by atoms with van der Waals surface area (Å²) in [7, 11) is 0. The fraction of sp³-hybridized carbons (Fsp3) is 0.333. The number of aromatic nitrogens is 2. The smallest absolute Gasteiger partial charge is 0.303 e. The first-order valence-corrected chi connectivity index (χ1v) is 7.70. The minimum absolute atomic E-state index is 0.122. The Morgan fingerprint density at radius 1 is 1.30 bits per heavy atom. The molecule has 2 rings (SSSR count). The van der Waals surface area contributed by atoms with Crippen LogP contribution in [0.25, 0.3) is 0 Å². The lowest BCUT2D eigenvalue weighted by Crippen LogP contribution is -2.12. The van der Waals surface area contributed by atoms with Crippen molar-refractivity contribution in [2.24, 2.45) is 0 Å². The second kappa shape index (κ2) is 6.58. The van der Waals surface area contributed by atoms with Crippen LogP contribution in [0.2, 0.25) is 0 Å². The highest BCUT2D eigenvalue weighted by atomic mass is 32.1. The summed E-state index contributed by atoms with van der Waals surface area (Å²) in [5, 5.41) is 16.1. The Bertz CT molecular complexity index is 621. The van der Waals surface area contributed by atoms with E-state index >= 15 is 0 Å². The molecule has 0 saturated carbocycles. The summed E-state index contributed by atoms with van der Waals surface area (Å²) in [5.74, 6) is -1.09. The predicted octanol–water partition coefficient (Wildman–Crippen LogP) is 2.57.